The van der Waals surface area contributed by atoms with E-state index in [0.717, 1.165) is 12.8 Å². The summed E-state index contributed by atoms with van der Waals surface area (Å²) in [6.07, 6.45) is 0.584. The van der Waals surface area contributed by atoms with E-state index in [2.05, 4.69) is 20.8 Å². The summed E-state index contributed by atoms with van der Waals surface area (Å²) in [4.78, 5) is 28.2. The van der Waals surface area contributed by atoms with Crippen LogP contribution in [0.15, 0.2) is 30.3 Å². The molecule has 5 heteroatoms. The molecule has 1 aromatic carbocycles. The molecule has 2 aliphatic carbocycles. The van der Waals surface area contributed by atoms with Crippen LogP contribution in [0.4, 0.5) is 4.79 Å². The van der Waals surface area contributed by atoms with Gasteiger partial charge in [-0.3, -0.25) is 9.69 Å². The Morgan fingerprint density at radius 2 is 1.79 bits per heavy atom. The van der Waals surface area contributed by atoms with Gasteiger partial charge in [0, 0.05) is 5.56 Å². The predicted octanol–water partition coefficient (Wildman–Crippen LogP) is 4.66. The first kappa shape index (κ1) is 19.4. The minimum Gasteiger partial charge on any atom is -0.444 e. The molecule has 1 saturated heterocycles. The summed E-state index contributed by atoms with van der Waals surface area (Å²) < 4.78 is 12.1. The number of hydrogen-bond acceptors (Lipinski definition) is 4. The fourth-order valence-electron chi connectivity index (χ4n) is 5.70. The molecule has 5 atom stereocenters. The molecule has 0 unspecified atom stereocenters. The van der Waals surface area contributed by atoms with E-state index in [9.17, 15) is 9.59 Å². The molecule has 28 heavy (non-hydrogen) atoms. The SMILES string of the molecule is CC(C)(C)OC(=O)N1[C@H](C(=O)c2ccccc2)O[C@@H]2[C@H]3CC[C@@](C)([C@@H]21)C3(C)C. The van der Waals surface area contributed by atoms with Crippen molar-refractivity contribution in [3.8, 4) is 0 Å². The molecule has 3 aliphatic rings. The second-order valence-corrected chi connectivity index (χ2v) is 10.3. The maximum atomic E-state index is 13.3. The summed E-state index contributed by atoms with van der Waals surface area (Å²) >= 11 is 0. The molecule has 2 saturated carbocycles. The first-order valence-corrected chi connectivity index (χ1v) is 10.2. The summed E-state index contributed by atoms with van der Waals surface area (Å²) in [7, 11) is 0. The highest BCUT2D eigenvalue weighted by Gasteiger charge is 2.73. The third-order valence-corrected chi connectivity index (χ3v) is 7.46. The molecule has 1 amide bonds. The monoisotopic (exact) mass is 385 g/mol. The zero-order valence-corrected chi connectivity index (χ0v) is 17.7. The number of ether oxygens (including phenoxy) is 2. The van der Waals surface area contributed by atoms with Crippen molar-refractivity contribution in [2.45, 2.75) is 78.4 Å². The summed E-state index contributed by atoms with van der Waals surface area (Å²) in [5.41, 5.74) is -0.143. The van der Waals surface area contributed by atoms with Crippen molar-refractivity contribution < 1.29 is 19.1 Å². The fourth-order valence-corrected chi connectivity index (χ4v) is 5.70. The van der Waals surface area contributed by atoms with Gasteiger partial charge in [-0.25, -0.2) is 4.79 Å². The molecular formula is C23H31NO4. The van der Waals surface area contributed by atoms with Crippen LogP contribution in [0.25, 0.3) is 0 Å². The number of carbonyl (C=O) groups is 2. The lowest BCUT2D eigenvalue weighted by Gasteiger charge is -2.43. The zero-order valence-electron chi connectivity index (χ0n) is 17.7. The first-order chi connectivity index (χ1) is 13.0. The second kappa shape index (κ2) is 6.06. The number of carbonyl (C=O) groups excluding carboxylic acids is 2. The molecule has 0 aromatic heterocycles. The van der Waals surface area contributed by atoms with Crippen LogP contribution >= 0.6 is 0 Å². The number of hydrogen-bond donors (Lipinski definition) is 0. The van der Waals surface area contributed by atoms with Crippen LogP contribution in [0.5, 0.6) is 0 Å². The number of amides is 1. The van der Waals surface area contributed by atoms with Crippen LogP contribution in [0.2, 0.25) is 0 Å². The molecule has 5 nitrogen and oxygen atoms in total. The van der Waals surface area contributed by atoms with Gasteiger partial charge in [0.05, 0.1) is 12.1 Å². The van der Waals surface area contributed by atoms with Crippen molar-refractivity contribution in [3.05, 3.63) is 35.9 Å². The molecule has 1 aromatic rings. The van der Waals surface area contributed by atoms with Gasteiger partial charge in [-0.15, -0.1) is 0 Å². The Bertz CT molecular complexity index is 797. The maximum absolute atomic E-state index is 13.3. The lowest BCUT2D eigenvalue weighted by atomic mass is 9.69. The number of fused-ring (bicyclic) bond motifs is 5. The number of rotatable bonds is 2. The zero-order chi connectivity index (χ0) is 20.5. The van der Waals surface area contributed by atoms with Crippen LogP contribution in [-0.4, -0.2) is 40.8 Å². The summed E-state index contributed by atoms with van der Waals surface area (Å²) in [6, 6.07) is 8.93. The Hall–Kier alpha value is -1.88. The molecule has 0 N–H and O–H groups in total. The van der Waals surface area contributed by atoms with Gasteiger partial charge in [0.1, 0.15) is 5.60 Å². The van der Waals surface area contributed by atoms with E-state index < -0.39 is 17.9 Å². The number of benzene rings is 1. The first-order valence-electron chi connectivity index (χ1n) is 10.2. The van der Waals surface area contributed by atoms with Crippen molar-refractivity contribution in [3.63, 3.8) is 0 Å². The smallest absolute Gasteiger partial charge is 0.413 e. The van der Waals surface area contributed by atoms with E-state index >= 15 is 0 Å². The Morgan fingerprint density at radius 3 is 2.39 bits per heavy atom. The highest BCUT2D eigenvalue weighted by Crippen LogP contribution is 2.69. The summed E-state index contributed by atoms with van der Waals surface area (Å²) in [6.45, 7) is 12.3. The quantitative estimate of drug-likeness (QED) is 0.695. The highest BCUT2D eigenvalue weighted by atomic mass is 16.6. The Labute approximate surface area is 167 Å². The molecule has 0 radical (unpaired) electrons. The Balaban J connectivity index is 1.74. The van der Waals surface area contributed by atoms with E-state index in [0.29, 0.717) is 11.5 Å². The van der Waals surface area contributed by atoms with Gasteiger partial charge in [-0.2, -0.15) is 0 Å². The minimum absolute atomic E-state index is 0.0450. The topological polar surface area (TPSA) is 55.8 Å². The van der Waals surface area contributed by atoms with Crippen molar-refractivity contribution in [2.24, 2.45) is 16.7 Å². The van der Waals surface area contributed by atoms with Crippen molar-refractivity contribution in [2.75, 3.05) is 0 Å². The average molecular weight is 386 g/mol. The number of nitrogens with zero attached hydrogens (tertiary/aromatic N) is 1. The maximum Gasteiger partial charge on any atom is 0.413 e. The van der Waals surface area contributed by atoms with Crippen LogP contribution < -0.4 is 0 Å². The molecule has 0 spiro atoms. The number of ketones is 1. The lowest BCUT2D eigenvalue weighted by molar-refractivity contribution is -0.0406. The molecule has 152 valence electrons. The predicted molar refractivity (Wildman–Crippen MR) is 106 cm³/mol. The van der Waals surface area contributed by atoms with Crippen LogP contribution in [0, 0.1) is 16.7 Å². The van der Waals surface area contributed by atoms with Gasteiger partial charge in [0.25, 0.3) is 0 Å². The Kier molecular flexibility index (Phi) is 4.20. The van der Waals surface area contributed by atoms with Gasteiger partial charge in [0.15, 0.2) is 6.23 Å². The third kappa shape index (κ3) is 2.62. The van der Waals surface area contributed by atoms with Gasteiger partial charge in [-0.05, 0) is 50.4 Å². The van der Waals surface area contributed by atoms with Gasteiger partial charge in [0.2, 0.25) is 5.78 Å². The van der Waals surface area contributed by atoms with Gasteiger partial charge in [-0.1, -0.05) is 51.1 Å². The van der Waals surface area contributed by atoms with E-state index in [-0.39, 0.29) is 28.8 Å². The number of Topliss-reactive ketones (excluding diaryl/α,β-unsaturated/α-hetero) is 1. The van der Waals surface area contributed by atoms with Crippen molar-refractivity contribution in [1.29, 1.82) is 0 Å². The second-order valence-electron chi connectivity index (χ2n) is 10.3. The summed E-state index contributed by atoms with van der Waals surface area (Å²) in [5.74, 6) is 0.155. The lowest BCUT2D eigenvalue weighted by Crippen LogP contribution is -2.54. The van der Waals surface area contributed by atoms with Gasteiger partial charge < -0.3 is 9.47 Å². The Morgan fingerprint density at radius 1 is 1.14 bits per heavy atom. The molecule has 1 heterocycles. The van der Waals surface area contributed by atoms with Crippen LogP contribution in [-0.2, 0) is 9.47 Å². The minimum atomic E-state index is -0.928. The van der Waals surface area contributed by atoms with E-state index in [4.69, 9.17) is 9.47 Å². The van der Waals surface area contributed by atoms with Crippen molar-refractivity contribution in [1.82, 2.24) is 4.90 Å². The van der Waals surface area contributed by atoms with Gasteiger partial charge >= 0.3 is 6.09 Å². The van der Waals surface area contributed by atoms with E-state index in [1.807, 2.05) is 39.0 Å². The van der Waals surface area contributed by atoms with E-state index in [1.54, 1.807) is 17.0 Å². The molecular weight excluding hydrogens is 354 g/mol. The molecule has 2 bridgehead atoms. The fraction of sp³-hybridized carbons (Fsp3) is 0.652. The molecule has 3 fully saturated rings. The van der Waals surface area contributed by atoms with Crippen molar-refractivity contribution >= 4 is 11.9 Å². The summed E-state index contributed by atoms with van der Waals surface area (Å²) in [5, 5.41) is 0. The average Bonchev–Trinajstić information content (AvgIpc) is 3.16. The van der Waals surface area contributed by atoms with Crippen LogP contribution in [0.3, 0.4) is 0 Å². The largest absolute Gasteiger partial charge is 0.444 e. The normalized spacial score (nSPS) is 35.7. The van der Waals surface area contributed by atoms with E-state index in [1.165, 1.54) is 0 Å². The highest BCUT2D eigenvalue weighted by molar-refractivity contribution is 6.01. The van der Waals surface area contributed by atoms with Crippen LogP contribution in [0.1, 0.15) is 64.7 Å². The standard InChI is InChI=1S/C23H31NO4/c1-21(2,3)28-20(26)24-18-17(15-12-13-23(18,6)22(15,4)5)27-19(24)16(25)14-10-8-7-9-11-14/h7-11,15,17-19H,12-13H2,1-6H3/t15-,17-,18-,19+,23+/m1/s1. The third-order valence-electron chi connectivity index (χ3n) is 7.46. The molecule has 1 aliphatic heterocycles. The molecule has 4 rings (SSSR count).